The summed E-state index contributed by atoms with van der Waals surface area (Å²) in [6.07, 6.45) is 2.07. The Hall–Kier alpha value is -2.71. The Labute approximate surface area is 176 Å². The molecule has 0 spiro atoms. The van der Waals surface area contributed by atoms with Crippen LogP contribution in [-0.2, 0) is 14.8 Å². The van der Waals surface area contributed by atoms with Crippen LogP contribution in [0.2, 0.25) is 0 Å². The second kappa shape index (κ2) is 7.21. The summed E-state index contributed by atoms with van der Waals surface area (Å²) in [5.41, 5.74) is 3.18. The van der Waals surface area contributed by atoms with E-state index in [1.54, 1.807) is 6.07 Å². The van der Waals surface area contributed by atoms with Crippen molar-refractivity contribution >= 4 is 32.7 Å². The Bertz CT molecular complexity index is 1220. The second-order valence-electron chi connectivity index (χ2n) is 7.98. The van der Waals surface area contributed by atoms with Crippen molar-refractivity contribution in [3.05, 3.63) is 53.6 Å². The molecule has 1 atom stereocenters. The van der Waals surface area contributed by atoms with Crippen molar-refractivity contribution in [1.82, 2.24) is 9.97 Å². The van der Waals surface area contributed by atoms with Gasteiger partial charge in [0.05, 0.1) is 22.0 Å². The highest BCUT2D eigenvalue weighted by atomic mass is 32.2. The molecule has 0 unspecified atom stereocenters. The SMILES string of the molecule is Cc1ccc(S(=O)(=O)N2CN(C[C@@H]3CCCO3)c3nc4ccccc4nc32)c(C)c1. The van der Waals surface area contributed by atoms with E-state index in [1.165, 1.54) is 4.31 Å². The molecule has 2 aliphatic heterocycles. The Morgan fingerprint density at radius 3 is 2.47 bits per heavy atom. The van der Waals surface area contributed by atoms with E-state index in [0.717, 1.165) is 36.1 Å². The van der Waals surface area contributed by atoms with Gasteiger partial charge in [-0.1, -0.05) is 29.8 Å². The van der Waals surface area contributed by atoms with Crippen LogP contribution in [0.15, 0.2) is 47.4 Å². The number of hydrogen-bond acceptors (Lipinski definition) is 6. The van der Waals surface area contributed by atoms with Crippen molar-refractivity contribution in [3.63, 3.8) is 0 Å². The monoisotopic (exact) mass is 424 g/mol. The number of nitrogens with zero attached hydrogens (tertiary/aromatic N) is 4. The normalized spacial score (nSPS) is 18.9. The van der Waals surface area contributed by atoms with Crippen molar-refractivity contribution < 1.29 is 13.2 Å². The molecule has 3 aromatic rings. The zero-order chi connectivity index (χ0) is 20.9. The summed E-state index contributed by atoms with van der Waals surface area (Å²) in [5, 5.41) is 0. The second-order valence-corrected chi connectivity index (χ2v) is 9.81. The average molecular weight is 425 g/mol. The van der Waals surface area contributed by atoms with E-state index < -0.39 is 10.0 Å². The zero-order valence-electron chi connectivity index (χ0n) is 17.1. The topological polar surface area (TPSA) is 75.6 Å². The molecule has 0 saturated carbocycles. The van der Waals surface area contributed by atoms with Crippen molar-refractivity contribution in [1.29, 1.82) is 0 Å². The predicted molar refractivity (Wildman–Crippen MR) is 116 cm³/mol. The van der Waals surface area contributed by atoms with Gasteiger partial charge >= 0.3 is 0 Å². The molecule has 8 heteroatoms. The van der Waals surface area contributed by atoms with Gasteiger partial charge < -0.3 is 9.64 Å². The molecular weight excluding hydrogens is 400 g/mol. The third kappa shape index (κ3) is 3.20. The van der Waals surface area contributed by atoms with Crippen molar-refractivity contribution in [3.8, 4) is 0 Å². The molecular formula is C22H24N4O3S. The molecule has 1 aromatic heterocycles. The maximum Gasteiger partial charge on any atom is 0.267 e. The van der Waals surface area contributed by atoms with Gasteiger partial charge in [0.25, 0.3) is 10.0 Å². The first-order valence-electron chi connectivity index (χ1n) is 10.2. The van der Waals surface area contributed by atoms with Crippen LogP contribution >= 0.6 is 0 Å². The zero-order valence-corrected chi connectivity index (χ0v) is 17.9. The Morgan fingerprint density at radius 1 is 1.07 bits per heavy atom. The van der Waals surface area contributed by atoms with Crippen LogP contribution < -0.4 is 9.21 Å². The first kappa shape index (κ1) is 19.3. The van der Waals surface area contributed by atoms with E-state index in [4.69, 9.17) is 14.7 Å². The fourth-order valence-electron chi connectivity index (χ4n) is 4.23. The molecule has 2 aromatic carbocycles. The van der Waals surface area contributed by atoms with Crippen LogP contribution in [0, 0.1) is 13.8 Å². The van der Waals surface area contributed by atoms with Crippen LogP contribution in [0.4, 0.5) is 11.6 Å². The van der Waals surface area contributed by atoms with Crippen LogP contribution in [0.25, 0.3) is 11.0 Å². The molecule has 156 valence electrons. The van der Waals surface area contributed by atoms with E-state index in [-0.39, 0.29) is 12.8 Å². The summed E-state index contributed by atoms with van der Waals surface area (Å²) in [7, 11) is -3.79. The largest absolute Gasteiger partial charge is 0.376 e. The Balaban J connectivity index is 1.62. The van der Waals surface area contributed by atoms with Gasteiger partial charge in [0, 0.05) is 13.2 Å². The molecule has 7 nitrogen and oxygen atoms in total. The molecule has 5 rings (SSSR count). The van der Waals surface area contributed by atoms with Crippen molar-refractivity contribution in [2.45, 2.75) is 37.7 Å². The number of rotatable bonds is 4. The van der Waals surface area contributed by atoms with Gasteiger partial charge in [-0.15, -0.1) is 0 Å². The summed E-state index contributed by atoms with van der Waals surface area (Å²) in [5.74, 6) is 0.976. The highest BCUT2D eigenvalue weighted by Gasteiger charge is 2.39. The Kier molecular flexibility index (Phi) is 4.63. The third-order valence-electron chi connectivity index (χ3n) is 5.72. The molecule has 0 N–H and O–H groups in total. The highest BCUT2D eigenvalue weighted by molar-refractivity contribution is 7.93. The fourth-order valence-corrected chi connectivity index (χ4v) is 5.81. The van der Waals surface area contributed by atoms with Gasteiger partial charge in [-0.3, -0.25) is 0 Å². The number of hydrogen-bond donors (Lipinski definition) is 0. The fraction of sp³-hybridized carbons (Fsp3) is 0.364. The minimum absolute atomic E-state index is 0.0786. The molecule has 1 saturated heterocycles. The van der Waals surface area contributed by atoms with Gasteiger partial charge in [-0.25, -0.2) is 22.7 Å². The van der Waals surface area contributed by atoms with E-state index in [2.05, 4.69) is 0 Å². The number of para-hydroxylation sites is 2. The minimum atomic E-state index is -3.79. The van der Waals surface area contributed by atoms with Crippen LogP contribution in [0.3, 0.4) is 0 Å². The summed E-state index contributed by atoms with van der Waals surface area (Å²) >= 11 is 0. The highest BCUT2D eigenvalue weighted by Crippen LogP contribution is 2.38. The molecule has 1 fully saturated rings. The summed E-state index contributed by atoms with van der Waals surface area (Å²) in [4.78, 5) is 11.8. The molecule has 2 aliphatic rings. The van der Waals surface area contributed by atoms with Gasteiger partial charge in [-0.2, -0.15) is 0 Å². The summed E-state index contributed by atoms with van der Waals surface area (Å²) in [6.45, 7) is 5.31. The summed E-state index contributed by atoms with van der Waals surface area (Å²) < 4.78 is 34.5. The summed E-state index contributed by atoms with van der Waals surface area (Å²) in [6, 6.07) is 12.9. The van der Waals surface area contributed by atoms with E-state index in [9.17, 15) is 8.42 Å². The Morgan fingerprint density at radius 2 is 1.80 bits per heavy atom. The maximum absolute atomic E-state index is 13.6. The third-order valence-corrected chi connectivity index (χ3v) is 7.60. The van der Waals surface area contributed by atoms with Gasteiger partial charge in [0.2, 0.25) is 0 Å². The van der Waals surface area contributed by atoms with Gasteiger partial charge in [0.15, 0.2) is 11.6 Å². The average Bonchev–Trinajstić information content (AvgIpc) is 3.35. The number of benzene rings is 2. The first-order valence-corrected chi connectivity index (χ1v) is 11.6. The number of fused-ring (bicyclic) bond motifs is 2. The lowest BCUT2D eigenvalue weighted by Gasteiger charge is -2.23. The lowest BCUT2D eigenvalue weighted by atomic mass is 10.2. The number of aryl methyl sites for hydroxylation is 2. The van der Waals surface area contributed by atoms with Crippen molar-refractivity contribution in [2.75, 3.05) is 29.0 Å². The first-order chi connectivity index (χ1) is 14.4. The number of anilines is 2. The van der Waals surface area contributed by atoms with Crippen LogP contribution in [0.1, 0.15) is 24.0 Å². The van der Waals surface area contributed by atoms with Crippen LogP contribution in [0.5, 0.6) is 0 Å². The molecule has 3 heterocycles. The molecule has 0 bridgehead atoms. The van der Waals surface area contributed by atoms with E-state index in [1.807, 2.05) is 55.1 Å². The molecule has 0 amide bonds. The lowest BCUT2D eigenvalue weighted by Crippen LogP contribution is -2.39. The molecule has 0 radical (unpaired) electrons. The van der Waals surface area contributed by atoms with Gasteiger partial charge in [0.1, 0.15) is 6.67 Å². The maximum atomic E-state index is 13.6. The van der Waals surface area contributed by atoms with Gasteiger partial charge in [-0.05, 0) is 50.5 Å². The van der Waals surface area contributed by atoms with Crippen LogP contribution in [-0.4, -0.2) is 44.3 Å². The van der Waals surface area contributed by atoms with Crippen molar-refractivity contribution in [2.24, 2.45) is 0 Å². The van der Waals surface area contributed by atoms with E-state index in [0.29, 0.717) is 28.6 Å². The number of ether oxygens (including phenoxy) is 1. The molecule has 0 aliphatic carbocycles. The predicted octanol–water partition coefficient (Wildman–Crippen LogP) is 3.40. The smallest absolute Gasteiger partial charge is 0.267 e. The quantitative estimate of drug-likeness (QED) is 0.639. The standard InChI is InChI=1S/C22H24N4O3S/c1-15-9-10-20(16(2)12-15)30(27,28)26-14-25(13-17-6-5-11-29-17)21-22(26)24-19-8-4-3-7-18(19)23-21/h3-4,7-10,12,17H,5-6,11,13-14H2,1-2H3/t17-/m0/s1. The minimum Gasteiger partial charge on any atom is -0.376 e. The lowest BCUT2D eigenvalue weighted by molar-refractivity contribution is 0.116. The molecule has 30 heavy (non-hydrogen) atoms. The van der Waals surface area contributed by atoms with E-state index >= 15 is 0 Å². The number of aromatic nitrogens is 2. The number of sulfonamides is 1.